The molecule has 1 saturated carbocycles. The van der Waals surface area contributed by atoms with E-state index in [4.69, 9.17) is 9.47 Å². The minimum absolute atomic E-state index is 0.0344. The summed E-state index contributed by atoms with van der Waals surface area (Å²) in [6.07, 6.45) is 4.99. The molecule has 0 saturated heterocycles. The Bertz CT molecular complexity index is 1390. The summed E-state index contributed by atoms with van der Waals surface area (Å²) >= 11 is 0. The van der Waals surface area contributed by atoms with Crippen LogP contribution in [0.2, 0.25) is 0 Å². The molecule has 2 aromatic carbocycles. The molecule has 2 aromatic heterocycles. The zero-order chi connectivity index (χ0) is 25.2. The molecule has 5 N–H and O–H groups in total. The molecule has 36 heavy (non-hydrogen) atoms. The van der Waals surface area contributed by atoms with E-state index in [2.05, 4.69) is 25.6 Å². The molecule has 4 aromatic rings. The number of halogens is 1. The van der Waals surface area contributed by atoms with Gasteiger partial charge < -0.3 is 30.0 Å². The molecule has 0 spiro atoms. The van der Waals surface area contributed by atoms with Crippen molar-refractivity contribution in [2.45, 2.75) is 38.0 Å². The first-order valence-electron chi connectivity index (χ1n) is 11.8. The minimum atomic E-state index is -0.825. The third kappa shape index (κ3) is 4.65. The van der Waals surface area contributed by atoms with E-state index >= 15 is 0 Å². The van der Waals surface area contributed by atoms with Crippen molar-refractivity contribution in [1.29, 1.82) is 0 Å². The Hall–Kier alpha value is -3.89. The first kappa shape index (κ1) is 23.8. The molecule has 10 heteroatoms. The van der Waals surface area contributed by atoms with Crippen LogP contribution in [0.25, 0.3) is 22.2 Å². The number of hydrogen-bond acceptors (Lipinski definition) is 8. The van der Waals surface area contributed by atoms with Crippen molar-refractivity contribution < 1.29 is 24.1 Å². The first-order valence-corrected chi connectivity index (χ1v) is 11.8. The van der Waals surface area contributed by atoms with E-state index in [9.17, 15) is 14.6 Å². The Labute approximate surface area is 207 Å². The average molecular weight is 494 g/mol. The summed E-state index contributed by atoms with van der Waals surface area (Å²) in [6, 6.07) is 9.50. The zero-order valence-electron chi connectivity index (χ0n) is 20.0. The number of ether oxygens (including phenoxy) is 2. The maximum absolute atomic E-state index is 14.1. The molecule has 188 valence electrons. The number of aromatic hydroxyl groups is 1. The number of aliphatic hydroxyl groups excluding tert-OH is 1. The van der Waals surface area contributed by atoms with Gasteiger partial charge in [-0.15, -0.1) is 0 Å². The second-order valence-corrected chi connectivity index (χ2v) is 8.74. The number of nitrogens with zero attached hydrogens (tertiary/aromatic N) is 2. The summed E-state index contributed by atoms with van der Waals surface area (Å²) in [4.78, 5) is 12.4. The van der Waals surface area contributed by atoms with Crippen LogP contribution in [0.3, 0.4) is 0 Å². The average Bonchev–Trinajstić information content (AvgIpc) is 3.55. The largest absolute Gasteiger partial charge is 0.505 e. The van der Waals surface area contributed by atoms with Crippen LogP contribution in [0.1, 0.15) is 37.5 Å². The summed E-state index contributed by atoms with van der Waals surface area (Å²) in [6.45, 7) is 0. The van der Waals surface area contributed by atoms with E-state index in [1.165, 1.54) is 12.1 Å². The number of phenolic OH excluding ortho intramolecular Hbond substituents is 1. The Morgan fingerprint density at radius 1 is 1.14 bits per heavy atom. The number of methoxy groups -OCH3 is 1. The van der Waals surface area contributed by atoms with Crippen LogP contribution in [0.4, 0.5) is 16.0 Å². The van der Waals surface area contributed by atoms with E-state index in [0.29, 0.717) is 51.0 Å². The van der Waals surface area contributed by atoms with Gasteiger partial charge in [-0.05, 0) is 68.1 Å². The lowest BCUT2D eigenvalue weighted by Crippen LogP contribution is -2.15. The van der Waals surface area contributed by atoms with E-state index in [1.54, 1.807) is 44.6 Å². The predicted octanol–water partition coefficient (Wildman–Crippen LogP) is 4.75. The van der Waals surface area contributed by atoms with Crippen LogP contribution in [0.5, 0.6) is 17.4 Å². The molecule has 2 heterocycles. The predicted molar refractivity (Wildman–Crippen MR) is 134 cm³/mol. The van der Waals surface area contributed by atoms with Gasteiger partial charge in [-0.2, -0.15) is 9.97 Å². The van der Waals surface area contributed by atoms with Gasteiger partial charge in [-0.25, -0.2) is 4.39 Å². The number of nitrogens with one attached hydrogen (secondary N) is 3. The SMILES string of the molecule is CNC(O)c1ccc(Nc2nc(OC3CCCC3)c3c(-c4ccc(O)c(F)c4)c[nH]c3n2)c(OC)c1. The molecule has 0 radical (unpaired) electrons. The Kier molecular flexibility index (Phi) is 6.62. The van der Waals surface area contributed by atoms with Gasteiger partial charge in [0.15, 0.2) is 11.6 Å². The van der Waals surface area contributed by atoms with Gasteiger partial charge in [0.2, 0.25) is 11.8 Å². The highest BCUT2D eigenvalue weighted by atomic mass is 19.1. The molecule has 0 aliphatic heterocycles. The van der Waals surface area contributed by atoms with Crippen LogP contribution < -0.4 is 20.1 Å². The first-order chi connectivity index (χ1) is 17.5. The maximum Gasteiger partial charge on any atom is 0.232 e. The number of anilines is 2. The highest BCUT2D eigenvalue weighted by Gasteiger charge is 2.23. The molecule has 1 aliphatic rings. The van der Waals surface area contributed by atoms with Crippen molar-refractivity contribution >= 4 is 22.7 Å². The van der Waals surface area contributed by atoms with E-state index in [0.717, 1.165) is 25.7 Å². The van der Waals surface area contributed by atoms with Crippen molar-refractivity contribution in [3.63, 3.8) is 0 Å². The number of aliphatic hydroxyl groups is 1. The lowest BCUT2D eigenvalue weighted by atomic mass is 10.1. The Balaban J connectivity index is 1.56. The zero-order valence-corrected chi connectivity index (χ0v) is 20.0. The Morgan fingerprint density at radius 3 is 2.67 bits per heavy atom. The minimum Gasteiger partial charge on any atom is -0.505 e. The number of aromatic amines is 1. The Morgan fingerprint density at radius 2 is 1.94 bits per heavy atom. The number of fused-ring (bicyclic) bond motifs is 1. The van der Waals surface area contributed by atoms with Gasteiger partial charge in [-0.3, -0.25) is 5.32 Å². The van der Waals surface area contributed by atoms with Crippen molar-refractivity contribution in [3.8, 4) is 28.5 Å². The van der Waals surface area contributed by atoms with Crippen LogP contribution in [-0.4, -0.2) is 45.4 Å². The fourth-order valence-corrected chi connectivity index (χ4v) is 4.48. The molecule has 1 atom stereocenters. The smallest absolute Gasteiger partial charge is 0.232 e. The van der Waals surface area contributed by atoms with Crippen molar-refractivity contribution in [2.75, 3.05) is 19.5 Å². The fourth-order valence-electron chi connectivity index (χ4n) is 4.48. The summed E-state index contributed by atoms with van der Waals surface area (Å²) in [5, 5.41) is 26.3. The number of rotatable bonds is 8. The number of phenols is 1. The van der Waals surface area contributed by atoms with Gasteiger partial charge in [0.25, 0.3) is 0 Å². The fraction of sp³-hybridized carbons (Fsp3) is 0.308. The van der Waals surface area contributed by atoms with Gasteiger partial charge in [0, 0.05) is 11.8 Å². The number of benzene rings is 2. The molecule has 0 bridgehead atoms. The second-order valence-electron chi connectivity index (χ2n) is 8.74. The number of aromatic nitrogens is 3. The van der Waals surface area contributed by atoms with E-state index in [1.807, 2.05) is 0 Å². The maximum atomic E-state index is 14.1. The molecule has 9 nitrogen and oxygen atoms in total. The van der Waals surface area contributed by atoms with Crippen LogP contribution >= 0.6 is 0 Å². The quantitative estimate of drug-likeness (QED) is 0.223. The van der Waals surface area contributed by atoms with Crippen molar-refractivity contribution in [3.05, 3.63) is 54.0 Å². The highest BCUT2D eigenvalue weighted by molar-refractivity contribution is 5.98. The normalized spacial score (nSPS) is 14.8. The number of hydrogen-bond donors (Lipinski definition) is 5. The van der Waals surface area contributed by atoms with Gasteiger partial charge in [0.05, 0.1) is 18.2 Å². The molecule has 1 unspecified atom stereocenters. The summed E-state index contributed by atoms with van der Waals surface area (Å²) < 4.78 is 26.0. The molecule has 1 fully saturated rings. The highest BCUT2D eigenvalue weighted by Crippen LogP contribution is 2.38. The van der Waals surface area contributed by atoms with Crippen LogP contribution in [0, 0.1) is 5.82 Å². The third-order valence-corrected chi connectivity index (χ3v) is 6.40. The molecular formula is C26H28FN5O4. The second kappa shape index (κ2) is 10.00. The van der Waals surface area contributed by atoms with Crippen LogP contribution in [0.15, 0.2) is 42.6 Å². The number of H-pyrrole nitrogens is 1. The third-order valence-electron chi connectivity index (χ3n) is 6.40. The standard InChI is InChI=1S/C26H28FN5O4/c1-28-24(34)15-7-9-19(21(12-15)35-2)30-26-31-23-22(25(32-26)36-16-5-3-4-6-16)17(13-29-23)14-8-10-20(33)18(27)11-14/h7-13,16,24,28,33-34H,3-6H2,1-2H3,(H2,29,30,31,32). The van der Waals surface area contributed by atoms with Gasteiger partial charge >= 0.3 is 0 Å². The lowest BCUT2D eigenvalue weighted by Gasteiger charge is -2.17. The van der Waals surface area contributed by atoms with Gasteiger partial charge in [-0.1, -0.05) is 12.1 Å². The summed E-state index contributed by atoms with van der Waals surface area (Å²) in [7, 11) is 3.21. The summed E-state index contributed by atoms with van der Waals surface area (Å²) in [5.41, 5.74) is 3.02. The summed E-state index contributed by atoms with van der Waals surface area (Å²) in [5.74, 6) is 0.0704. The van der Waals surface area contributed by atoms with Crippen molar-refractivity contribution in [1.82, 2.24) is 20.3 Å². The monoisotopic (exact) mass is 493 g/mol. The lowest BCUT2D eigenvalue weighted by molar-refractivity contribution is 0.149. The van der Waals surface area contributed by atoms with Crippen molar-refractivity contribution in [2.24, 2.45) is 0 Å². The topological polar surface area (TPSA) is 125 Å². The van der Waals surface area contributed by atoms with E-state index in [-0.39, 0.29) is 6.10 Å². The molecule has 1 aliphatic carbocycles. The molecule has 5 rings (SSSR count). The van der Waals surface area contributed by atoms with Crippen LogP contribution in [-0.2, 0) is 0 Å². The van der Waals surface area contributed by atoms with E-state index < -0.39 is 17.8 Å². The molecular weight excluding hydrogens is 465 g/mol. The molecule has 0 amide bonds. The van der Waals surface area contributed by atoms with Gasteiger partial charge in [0.1, 0.15) is 23.7 Å².